The van der Waals surface area contributed by atoms with Gasteiger partial charge in [-0.2, -0.15) is 5.10 Å². The van der Waals surface area contributed by atoms with Crippen molar-refractivity contribution in [2.24, 2.45) is 10.2 Å². The van der Waals surface area contributed by atoms with Gasteiger partial charge in [0.2, 0.25) is 0 Å². The first-order chi connectivity index (χ1) is 13.8. The van der Waals surface area contributed by atoms with Crippen LogP contribution in [0.25, 0.3) is 21.8 Å². The topological polar surface area (TPSA) is 71.6 Å². The van der Waals surface area contributed by atoms with E-state index in [9.17, 15) is 4.79 Å². The van der Waals surface area contributed by atoms with Crippen LogP contribution < -0.4 is 5.32 Å². The summed E-state index contributed by atoms with van der Waals surface area (Å²) in [7, 11) is 0. The third-order valence-corrected chi connectivity index (χ3v) is 4.99. The molecule has 0 saturated heterocycles. The molecular weight excluding hydrogens is 350 g/mol. The zero-order valence-corrected chi connectivity index (χ0v) is 15.3. The Labute approximate surface area is 161 Å². The van der Waals surface area contributed by atoms with Gasteiger partial charge in [-0.1, -0.05) is 36.4 Å². The molecule has 2 aromatic carbocycles. The van der Waals surface area contributed by atoms with E-state index < -0.39 is 0 Å². The van der Waals surface area contributed by atoms with Crippen LogP contribution in [0.2, 0.25) is 0 Å². The summed E-state index contributed by atoms with van der Waals surface area (Å²) in [5.41, 5.74) is 4.82. The van der Waals surface area contributed by atoms with Crippen molar-refractivity contribution >= 4 is 45.3 Å². The first kappa shape index (κ1) is 16.4. The van der Waals surface area contributed by atoms with Crippen molar-refractivity contribution in [1.29, 1.82) is 0 Å². The Balaban J connectivity index is 1.54. The third-order valence-electron chi connectivity index (χ3n) is 4.99. The molecule has 0 atom stereocenters. The van der Waals surface area contributed by atoms with Crippen LogP contribution in [0.5, 0.6) is 0 Å². The molecule has 3 heterocycles. The van der Waals surface area contributed by atoms with E-state index in [-0.39, 0.29) is 5.91 Å². The maximum Gasteiger partial charge on any atom is 0.276 e. The van der Waals surface area contributed by atoms with Crippen molar-refractivity contribution in [3.05, 3.63) is 72.1 Å². The highest BCUT2D eigenvalue weighted by Crippen LogP contribution is 2.28. The van der Waals surface area contributed by atoms with Crippen LogP contribution in [0.4, 0.5) is 5.69 Å². The van der Waals surface area contributed by atoms with Crippen molar-refractivity contribution in [2.45, 2.75) is 13.5 Å². The number of amides is 1. The Morgan fingerprint density at radius 2 is 1.89 bits per heavy atom. The van der Waals surface area contributed by atoms with Gasteiger partial charge in [-0.15, -0.1) is 5.10 Å². The number of hydrogen-bond donors (Lipinski definition) is 1. The molecule has 1 amide bonds. The van der Waals surface area contributed by atoms with E-state index in [1.807, 2.05) is 48.7 Å². The minimum atomic E-state index is -0.243. The highest BCUT2D eigenvalue weighted by atomic mass is 16.2. The molecule has 4 aromatic rings. The third kappa shape index (κ3) is 2.50. The van der Waals surface area contributed by atoms with E-state index in [4.69, 9.17) is 0 Å². The first-order valence-electron chi connectivity index (χ1n) is 9.15. The molecule has 6 nitrogen and oxygen atoms in total. The number of pyridine rings is 1. The number of rotatable bonds is 3. The molecule has 28 heavy (non-hydrogen) atoms. The van der Waals surface area contributed by atoms with E-state index in [1.165, 1.54) is 10.9 Å². The molecule has 0 bridgehead atoms. The van der Waals surface area contributed by atoms with Gasteiger partial charge in [0.15, 0.2) is 5.71 Å². The number of carbonyl (C=O) groups is 1. The first-order valence-corrected chi connectivity index (χ1v) is 9.15. The fraction of sp³-hybridized carbons (Fsp3) is 0.0909. The number of nitrogens with one attached hydrogen (secondary N) is 1. The Hall–Kier alpha value is -3.80. The van der Waals surface area contributed by atoms with Gasteiger partial charge in [-0.3, -0.25) is 9.78 Å². The Bertz CT molecular complexity index is 1300. The predicted molar refractivity (Wildman–Crippen MR) is 112 cm³/mol. The van der Waals surface area contributed by atoms with E-state index in [0.717, 1.165) is 28.7 Å². The van der Waals surface area contributed by atoms with Crippen LogP contribution in [0, 0.1) is 0 Å². The summed E-state index contributed by atoms with van der Waals surface area (Å²) in [4.78, 5) is 16.6. The molecule has 2 aromatic heterocycles. The summed E-state index contributed by atoms with van der Waals surface area (Å²) < 4.78 is 2.25. The van der Waals surface area contributed by atoms with Crippen molar-refractivity contribution in [2.75, 3.05) is 5.32 Å². The van der Waals surface area contributed by atoms with Crippen LogP contribution in [-0.4, -0.2) is 27.4 Å². The molecule has 1 N–H and O–H groups in total. The number of para-hydroxylation sites is 2. The number of hydrogen-bond acceptors (Lipinski definition) is 4. The summed E-state index contributed by atoms with van der Waals surface area (Å²) in [6, 6.07) is 17.8. The summed E-state index contributed by atoms with van der Waals surface area (Å²) >= 11 is 0. The second-order valence-electron chi connectivity index (χ2n) is 6.58. The molecule has 0 fully saturated rings. The van der Waals surface area contributed by atoms with Gasteiger partial charge in [0.1, 0.15) is 0 Å². The van der Waals surface area contributed by atoms with Crippen LogP contribution >= 0.6 is 0 Å². The number of carbonyl (C=O) groups excluding carboxylic acids is 1. The molecule has 5 rings (SSSR count). The smallest absolute Gasteiger partial charge is 0.276 e. The molecule has 136 valence electrons. The van der Waals surface area contributed by atoms with Crippen molar-refractivity contribution in [1.82, 2.24) is 9.55 Å². The number of aryl methyl sites for hydroxylation is 1. The zero-order chi connectivity index (χ0) is 19.1. The number of benzene rings is 2. The van der Waals surface area contributed by atoms with Crippen molar-refractivity contribution in [3.63, 3.8) is 0 Å². The second kappa shape index (κ2) is 6.42. The standard InChI is InChI=1S/C22H17N5O/c1-2-27-19-10-6-4-7-15(19)17-11-14(23-13-20(17)27)12-24-26-21-16-8-3-5-9-18(16)25-22(21)28/h3-13H,2H2,1H3,(H,25,26,28). The summed E-state index contributed by atoms with van der Waals surface area (Å²) in [5.74, 6) is -0.243. The van der Waals surface area contributed by atoms with Crippen molar-refractivity contribution in [3.8, 4) is 0 Å². The maximum atomic E-state index is 12.1. The number of aromatic nitrogens is 2. The minimum Gasteiger partial charge on any atom is -0.339 e. The van der Waals surface area contributed by atoms with Crippen LogP contribution in [0.15, 0.2) is 71.0 Å². The van der Waals surface area contributed by atoms with Crippen LogP contribution in [0.1, 0.15) is 18.2 Å². The molecule has 6 heteroatoms. The molecule has 0 saturated carbocycles. The Morgan fingerprint density at radius 3 is 2.79 bits per heavy atom. The quantitative estimate of drug-likeness (QED) is 0.439. The van der Waals surface area contributed by atoms with Gasteiger partial charge >= 0.3 is 0 Å². The van der Waals surface area contributed by atoms with E-state index in [0.29, 0.717) is 11.4 Å². The molecule has 1 aliphatic rings. The van der Waals surface area contributed by atoms with Crippen molar-refractivity contribution < 1.29 is 4.79 Å². The fourth-order valence-electron chi connectivity index (χ4n) is 3.72. The molecule has 1 aliphatic heterocycles. The lowest BCUT2D eigenvalue weighted by Gasteiger charge is -2.02. The molecule has 0 unspecified atom stereocenters. The van der Waals surface area contributed by atoms with Gasteiger partial charge in [0.25, 0.3) is 5.91 Å². The van der Waals surface area contributed by atoms with E-state index >= 15 is 0 Å². The second-order valence-corrected chi connectivity index (χ2v) is 6.58. The number of anilines is 1. The van der Waals surface area contributed by atoms with Gasteiger partial charge in [0.05, 0.1) is 29.3 Å². The van der Waals surface area contributed by atoms with Gasteiger partial charge in [-0.05, 0) is 25.1 Å². The normalized spacial score (nSPS) is 15.0. The van der Waals surface area contributed by atoms with Gasteiger partial charge in [-0.25, -0.2) is 0 Å². The highest BCUT2D eigenvalue weighted by Gasteiger charge is 2.25. The SMILES string of the molecule is CCn1c2ccccc2c2cc(C=NN=C3C(=O)Nc4ccccc43)ncc21. The highest BCUT2D eigenvalue weighted by molar-refractivity contribution is 6.53. The molecular formula is C22H17N5O. The summed E-state index contributed by atoms with van der Waals surface area (Å²) in [6.45, 7) is 3.00. The lowest BCUT2D eigenvalue weighted by molar-refractivity contribution is -0.110. The molecule has 0 radical (unpaired) electrons. The van der Waals surface area contributed by atoms with Gasteiger partial charge < -0.3 is 9.88 Å². The van der Waals surface area contributed by atoms with E-state index in [2.05, 4.69) is 44.1 Å². The zero-order valence-electron chi connectivity index (χ0n) is 15.3. The number of fused-ring (bicyclic) bond motifs is 4. The number of nitrogens with zero attached hydrogens (tertiary/aromatic N) is 4. The van der Waals surface area contributed by atoms with Crippen LogP contribution in [-0.2, 0) is 11.3 Å². The summed E-state index contributed by atoms with van der Waals surface area (Å²) in [5, 5.41) is 13.4. The lowest BCUT2D eigenvalue weighted by Crippen LogP contribution is -2.13. The molecule has 0 aliphatic carbocycles. The monoisotopic (exact) mass is 367 g/mol. The maximum absolute atomic E-state index is 12.1. The minimum absolute atomic E-state index is 0.243. The Kier molecular flexibility index (Phi) is 3.76. The average Bonchev–Trinajstić information content (AvgIpc) is 3.22. The summed E-state index contributed by atoms with van der Waals surface area (Å²) in [6.07, 6.45) is 3.45. The Morgan fingerprint density at radius 1 is 1.07 bits per heavy atom. The average molecular weight is 367 g/mol. The van der Waals surface area contributed by atoms with Crippen LogP contribution in [0.3, 0.4) is 0 Å². The predicted octanol–water partition coefficient (Wildman–Crippen LogP) is 3.98. The lowest BCUT2D eigenvalue weighted by atomic mass is 10.1. The van der Waals surface area contributed by atoms with Gasteiger partial charge in [0, 0.05) is 28.4 Å². The fourth-order valence-corrected chi connectivity index (χ4v) is 3.72. The van der Waals surface area contributed by atoms with E-state index in [1.54, 1.807) is 6.21 Å². The largest absolute Gasteiger partial charge is 0.339 e. The molecule has 0 spiro atoms.